The largest absolute Gasteiger partial charge is 0.464 e. The summed E-state index contributed by atoms with van der Waals surface area (Å²) in [5.41, 5.74) is 0.197. The van der Waals surface area contributed by atoms with Gasteiger partial charge in [0.15, 0.2) is 0 Å². The van der Waals surface area contributed by atoms with Gasteiger partial charge in [-0.05, 0) is 51.6 Å². The van der Waals surface area contributed by atoms with E-state index in [1.165, 1.54) is 0 Å². The van der Waals surface area contributed by atoms with Crippen molar-refractivity contribution < 1.29 is 9.53 Å². The molecule has 0 aliphatic carbocycles. The topological polar surface area (TPSA) is 41.6 Å². The minimum Gasteiger partial charge on any atom is -0.464 e. The summed E-state index contributed by atoms with van der Waals surface area (Å²) in [4.78, 5) is 14.6. The molecule has 0 bridgehead atoms. The van der Waals surface area contributed by atoms with Crippen molar-refractivity contribution in [3.8, 4) is 0 Å². The molecule has 2 unspecified atom stereocenters. The molecule has 1 aliphatic rings. The normalized spacial score (nSPS) is 26.5. The summed E-state index contributed by atoms with van der Waals surface area (Å²) in [6, 6.07) is 7.72. The molecular weight excluding hydrogens is 276 g/mol. The average molecular weight is 297 g/mol. The summed E-state index contributed by atoms with van der Waals surface area (Å²) in [6.45, 7) is 4.97. The molecule has 2 rings (SSSR count). The molecule has 1 aromatic carbocycles. The molecule has 0 radical (unpaired) electrons. The van der Waals surface area contributed by atoms with Crippen molar-refractivity contribution in [1.82, 2.24) is 4.90 Å². The first-order valence-corrected chi connectivity index (χ1v) is 7.26. The van der Waals surface area contributed by atoms with Crippen LogP contribution in [0.4, 0.5) is 5.69 Å². The maximum absolute atomic E-state index is 12.4. The lowest BCUT2D eigenvalue weighted by molar-refractivity contribution is -0.148. The number of nitrogens with one attached hydrogen (secondary N) is 1. The summed E-state index contributed by atoms with van der Waals surface area (Å²) in [6.07, 6.45) is 0.727. The van der Waals surface area contributed by atoms with Crippen molar-refractivity contribution in [1.29, 1.82) is 0 Å². The molecule has 0 saturated carbocycles. The number of benzene rings is 1. The van der Waals surface area contributed by atoms with E-state index >= 15 is 0 Å². The Balaban J connectivity index is 2.23. The second-order valence-corrected chi connectivity index (χ2v) is 5.84. The van der Waals surface area contributed by atoms with Crippen molar-refractivity contribution in [2.24, 2.45) is 0 Å². The molecule has 1 saturated heterocycles. The van der Waals surface area contributed by atoms with Gasteiger partial charge in [-0.2, -0.15) is 0 Å². The summed E-state index contributed by atoms with van der Waals surface area (Å²) in [5.74, 6) is -0.189. The van der Waals surface area contributed by atoms with Gasteiger partial charge in [-0.15, -0.1) is 0 Å². The number of ether oxygens (including phenoxy) is 1. The first-order valence-electron chi connectivity index (χ1n) is 6.88. The Bertz CT molecular complexity index is 465. The third-order valence-electron chi connectivity index (χ3n) is 3.81. The third kappa shape index (κ3) is 3.07. The number of carbonyl (C=O) groups is 1. The van der Waals surface area contributed by atoms with Crippen molar-refractivity contribution >= 4 is 23.3 Å². The van der Waals surface area contributed by atoms with Gasteiger partial charge >= 0.3 is 5.97 Å². The van der Waals surface area contributed by atoms with Crippen LogP contribution in [-0.2, 0) is 9.53 Å². The molecule has 4 nitrogen and oxygen atoms in total. The van der Waals surface area contributed by atoms with Gasteiger partial charge < -0.3 is 15.0 Å². The molecule has 0 spiro atoms. The summed E-state index contributed by atoms with van der Waals surface area (Å²) in [5, 5.41) is 4.03. The molecule has 0 amide bonds. The summed E-state index contributed by atoms with van der Waals surface area (Å²) >= 11 is 5.89. The lowest BCUT2D eigenvalue weighted by atomic mass is 9.95. The van der Waals surface area contributed by atoms with E-state index in [-0.39, 0.29) is 5.97 Å². The molecule has 1 N–H and O–H groups in total. The fraction of sp³-hybridized carbons (Fsp3) is 0.533. The quantitative estimate of drug-likeness (QED) is 0.868. The Morgan fingerprint density at radius 2 is 2.15 bits per heavy atom. The molecule has 20 heavy (non-hydrogen) atoms. The van der Waals surface area contributed by atoms with Gasteiger partial charge in [-0.1, -0.05) is 11.6 Å². The SMILES string of the molecule is CCOC(=O)C1(Nc2ccc(Cl)cc2)CC(C)N(C)C1. The van der Waals surface area contributed by atoms with Gasteiger partial charge in [0.1, 0.15) is 5.54 Å². The Morgan fingerprint density at radius 3 is 2.65 bits per heavy atom. The van der Waals surface area contributed by atoms with Crippen LogP contribution in [-0.4, -0.2) is 42.6 Å². The molecule has 1 aliphatic heterocycles. The second kappa shape index (κ2) is 6.02. The Hall–Kier alpha value is -1.26. The predicted molar refractivity (Wildman–Crippen MR) is 81.1 cm³/mol. The minimum atomic E-state index is -0.683. The lowest BCUT2D eigenvalue weighted by Crippen LogP contribution is -2.49. The maximum Gasteiger partial charge on any atom is 0.333 e. The number of likely N-dealkylation sites (N-methyl/N-ethyl adjacent to an activating group) is 1. The van der Waals surface area contributed by atoms with Crippen molar-refractivity contribution in [2.45, 2.75) is 31.8 Å². The van der Waals surface area contributed by atoms with Crippen LogP contribution in [0.3, 0.4) is 0 Å². The van der Waals surface area contributed by atoms with Crippen LogP contribution < -0.4 is 5.32 Å². The zero-order valence-electron chi connectivity index (χ0n) is 12.1. The molecule has 1 aromatic rings. The summed E-state index contributed by atoms with van der Waals surface area (Å²) in [7, 11) is 2.02. The van der Waals surface area contributed by atoms with E-state index in [4.69, 9.17) is 16.3 Å². The van der Waals surface area contributed by atoms with Gasteiger partial charge in [-0.25, -0.2) is 4.79 Å². The number of anilines is 1. The van der Waals surface area contributed by atoms with Crippen molar-refractivity contribution in [3.05, 3.63) is 29.3 Å². The van der Waals surface area contributed by atoms with E-state index < -0.39 is 5.54 Å². The van der Waals surface area contributed by atoms with Crippen molar-refractivity contribution in [2.75, 3.05) is 25.5 Å². The smallest absolute Gasteiger partial charge is 0.333 e. The fourth-order valence-electron chi connectivity index (χ4n) is 2.67. The molecule has 2 atom stereocenters. The van der Waals surface area contributed by atoms with Crippen molar-refractivity contribution in [3.63, 3.8) is 0 Å². The fourth-order valence-corrected chi connectivity index (χ4v) is 2.80. The zero-order chi connectivity index (χ0) is 14.8. The third-order valence-corrected chi connectivity index (χ3v) is 4.06. The van der Waals surface area contributed by atoms with Gasteiger partial charge in [0, 0.05) is 23.3 Å². The monoisotopic (exact) mass is 296 g/mol. The second-order valence-electron chi connectivity index (χ2n) is 5.40. The van der Waals surface area contributed by atoms with Crippen LogP contribution in [0.5, 0.6) is 0 Å². The standard InChI is InChI=1S/C15H21ClN2O2/c1-4-20-14(19)15(9-11(2)18(3)10-15)17-13-7-5-12(16)6-8-13/h5-8,11,17H,4,9-10H2,1-3H3. The number of nitrogens with zero attached hydrogens (tertiary/aromatic N) is 1. The van der Waals surface area contributed by atoms with Gasteiger partial charge in [0.2, 0.25) is 0 Å². The van der Waals surface area contributed by atoms with E-state index in [0.717, 1.165) is 12.1 Å². The van der Waals surface area contributed by atoms with Crippen LogP contribution in [0.15, 0.2) is 24.3 Å². The summed E-state index contributed by atoms with van der Waals surface area (Å²) < 4.78 is 5.27. The van der Waals surface area contributed by atoms with Crippen LogP contribution >= 0.6 is 11.6 Å². The predicted octanol–water partition coefficient (Wildman–Crippen LogP) is 2.78. The van der Waals surface area contributed by atoms with E-state index in [9.17, 15) is 4.79 Å². The molecule has 110 valence electrons. The van der Waals surface area contributed by atoms with E-state index in [2.05, 4.69) is 17.1 Å². The van der Waals surface area contributed by atoms with Crippen LogP contribution in [0, 0.1) is 0 Å². The van der Waals surface area contributed by atoms with Gasteiger partial charge in [-0.3, -0.25) is 0 Å². The number of rotatable bonds is 4. The van der Waals surface area contributed by atoms with Crippen LogP contribution in [0.2, 0.25) is 5.02 Å². The maximum atomic E-state index is 12.4. The minimum absolute atomic E-state index is 0.189. The van der Waals surface area contributed by atoms with Gasteiger partial charge in [0.05, 0.1) is 6.61 Å². The molecule has 1 fully saturated rings. The molecular formula is C15H21ClN2O2. The first-order chi connectivity index (χ1) is 9.47. The highest BCUT2D eigenvalue weighted by Crippen LogP contribution is 2.31. The number of hydrogen-bond acceptors (Lipinski definition) is 4. The lowest BCUT2D eigenvalue weighted by Gasteiger charge is -2.29. The highest BCUT2D eigenvalue weighted by Gasteiger charge is 2.48. The Labute approximate surface area is 125 Å². The van der Waals surface area contributed by atoms with Gasteiger partial charge in [0.25, 0.3) is 0 Å². The van der Waals surface area contributed by atoms with Crippen LogP contribution in [0.1, 0.15) is 20.3 Å². The van der Waals surface area contributed by atoms with E-state index in [1.54, 1.807) is 0 Å². The highest BCUT2D eigenvalue weighted by atomic mass is 35.5. The number of carbonyl (C=O) groups excluding carboxylic acids is 1. The highest BCUT2D eigenvalue weighted by molar-refractivity contribution is 6.30. The Morgan fingerprint density at radius 1 is 1.50 bits per heavy atom. The average Bonchev–Trinajstić information content (AvgIpc) is 2.69. The molecule has 0 aromatic heterocycles. The number of likely N-dealkylation sites (tertiary alicyclic amines) is 1. The number of halogens is 1. The molecule has 1 heterocycles. The van der Waals surface area contributed by atoms with Crippen LogP contribution in [0.25, 0.3) is 0 Å². The Kier molecular flexibility index (Phi) is 4.55. The molecule has 5 heteroatoms. The van der Waals surface area contributed by atoms with E-state index in [0.29, 0.717) is 24.2 Å². The number of esters is 1. The van der Waals surface area contributed by atoms with E-state index in [1.807, 2.05) is 38.2 Å². The zero-order valence-corrected chi connectivity index (χ0v) is 12.9. The number of hydrogen-bond donors (Lipinski definition) is 1. The first kappa shape index (κ1) is 15.1.